The van der Waals surface area contributed by atoms with Crippen LogP contribution in [0, 0.1) is 11.8 Å². The number of carboxylic acid groups (broad SMARTS) is 1. The summed E-state index contributed by atoms with van der Waals surface area (Å²) in [5.41, 5.74) is 0. The molecule has 0 spiro atoms. The quantitative estimate of drug-likeness (QED) is 0.602. The fourth-order valence-corrected chi connectivity index (χ4v) is 0.616. The molecule has 0 saturated heterocycles. The Bertz CT molecular complexity index is 236. The van der Waals surface area contributed by atoms with Crippen LogP contribution in [0.4, 0.5) is 0 Å². The molecule has 12 heavy (non-hydrogen) atoms. The van der Waals surface area contributed by atoms with Crippen molar-refractivity contribution in [3.05, 3.63) is 0 Å². The van der Waals surface area contributed by atoms with Crippen LogP contribution in [0.2, 0.25) is 0 Å². The molecule has 0 fully saturated rings. The van der Waals surface area contributed by atoms with Crippen molar-refractivity contribution >= 4 is 11.9 Å². The van der Waals surface area contributed by atoms with Gasteiger partial charge in [0.05, 0.1) is 6.54 Å². The van der Waals surface area contributed by atoms with E-state index < -0.39 is 5.97 Å². The first-order valence-electron chi connectivity index (χ1n) is 3.45. The van der Waals surface area contributed by atoms with E-state index in [4.69, 9.17) is 5.11 Å². The Morgan fingerprint density at radius 2 is 2.08 bits per heavy atom. The van der Waals surface area contributed by atoms with Crippen molar-refractivity contribution in [1.82, 2.24) is 4.90 Å². The third-order valence-corrected chi connectivity index (χ3v) is 1.22. The summed E-state index contributed by atoms with van der Waals surface area (Å²) in [5.74, 6) is 3.91. The van der Waals surface area contributed by atoms with Crippen LogP contribution in [0.3, 0.4) is 0 Å². The summed E-state index contributed by atoms with van der Waals surface area (Å²) < 4.78 is 0. The van der Waals surface area contributed by atoms with E-state index in [0.717, 1.165) is 0 Å². The number of aliphatic carboxylic acids is 1. The summed E-state index contributed by atoms with van der Waals surface area (Å²) in [6.07, 6.45) is 0. The Kier molecular flexibility index (Phi) is 4.54. The van der Waals surface area contributed by atoms with Crippen molar-refractivity contribution in [2.75, 3.05) is 13.1 Å². The van der Waals surface area contributed by atoms with Gasteiger partial charge in [0.1, 0.15) is 6.54 Å². The second-order valence-electron chi connectivity index (χ2n) is 2.20. The van der Waals surface area contributed by atoms with E-state index in [1.807, 2.05) is 0 Å². The van der Waals surface area contributed by atoms with E-state index in [-0.39, 0.29) is 19.0 Å². The molecule has 4 heteroatoms. The Morgan fingerprint density at radius 3 is 2.42 bits per heavy atom. The van der Waals surface area contributed by atoms with E-state index in [2.05, 4.69) is 11.8 Å². The summed E-state index contributed by atoms with van der Waals surface area (Å²) in [7, 11) is 0. The maximum atomic E-state index is 10.8. The van der Waals surface area contributed by atoms with Gasteiger partial charge in [0, 0.05) is 6.92 Å². The predicted molar refractivity (Wildman–Crippen MR) is 43.3 cm³/mol. The van der Waals surface area contributed by atoms with Gasteiger partial charge < -0.3 is 10.0 Å². The third-order valence-electron chi connectivity index (χ3n) is 1.22. The smallest absolute Gasteiger partial charge is 0.323 e. The number of hydrogen-bond acceptors (Lipinski definition) is 2. The van der Waals surface area contributed by atoms with Crippen LogP contribution in [-0.4, -0.2) is 35.0 Å². The van der Waals surface area contributed by atoms with E-state index in [0.29, 0.717) is 0 Å². The molecular formula is C8H11NO3. The average Bonchev–Trinajstić information content (AvgIpc) is 1.96. The first-order valence-corrected chi connectivity index (χ1v) is 3.45. The first kappa shape index (κ1) is 10.5. The normalized spacial score (nSPS) is 8.17. The molecule has 0 bridgehead atoms. The highest BCUT2D eigenvalue weighted by Gasteiger charge is 2.10. The van der Waals surface area contributed by atoms with Gasteiger partial charge in [0.15, 0.2) is 0 Å². The van der Waals surface area contributed by atoms with Gasteiger partial charge in [-0.05, 0) is 6.92 Å². The third kappa shape index (κ3) is 4.34. The van der Waals surface area contributed by atoms with Crippen LogP contribution < -0.4 is 0 Å². The molecule has 0 aromatic heterocycles. The molecule has 1 amide bonds. The zero-order valence-electron chi connectivity index (χ0n) is 7.13. The molecule has 4 nitrogen and oxygen atoms in total. The van der Waals surface area contributed by atoms with Crippen LogP contribution in [-0.2, 0) is 9.59 Å². The molecule has 0 aliphatic carbocycles. The summed E-state index contributed by atoms with van der Waals surface area (Å²) in [6.45, 7) is 2.85. The average molecular weight is 169 g/mol. The second-order valence-corrected chi connectivity index (χ2v) is 2.20. The SMILES string of the molecule is CC#CCN(CC(=O)O)C(C)=O. The number of amides is 1. The largest absolute Gasteiger partial charge is 0.480 e. The summed E-state index contributed by atoms with van der Waals surface area (Å²) in [6, 6.07) is 0. The van der Waals surface area contributed by atoms with Crippen LogP contribution in [0.1, 0.15) is 13.8 Å². The first-order chi connectivity index (χ1) is 5.57. The molecule has 1 N–H and O–H groups in total. The summed E-state index contributed by atoms with van der Waals surface area (Å²) in [5, 5.41) is 8.39. The van der Waals surface area contributed by atoms with E-state index in [1.165, 1.54) is 11.8 Å². The lowest BCUT2D eigenvalue weighted by molar-refractivity contribution is -0.143. The molecule has 0 atom stereocenters. The van der Waals surface area contributed by atoms with Crippen LogP contribution in [0.15, 0.2) is 0 Å². The number of hydrogen-bond donors (Lipinski definition) is 1. The molecule has 0 unspecified atom stereocenters. The van der Waals surface area contributed by atoms with Crippen molar-refractivity contribution in [3.8, 4) is 11.8 Å². The second kappa shape index (κ2) is 5.19. The van der Waals surface area contributed by atoms with Crippen LogP contribution in [0.5, 0.6) is 0 Å². The van der Waals surface area contributed by atoms with Gasteiger partial charge in [-0.1, -0.05) is 5.92 Å². The lowest BCUT2D eigenvalue weighted by atomic mass is 10.4. The fraction of sp³-hybridized carbons (Fsp3) is 0.500. The zero-order valence-corrected chi connectivity index (χ0v) is 7.13. The number of rotatable bonds is 3. The lowest BCUT2D eigenvalue weighted by Gasteiger charge is -2.14. The van der Waals surface area contributed by atoms with Crippen molar-refractivity contribution < 1.29 is 14.7 Å². The topological polar surface area (TPSA) is 57.6 Å². The minimum absolute atomic E-state index is 0.179. The monoisotopic (exact) mass is 169 g/mol. The lowest BCUT2D eigenvalue weighted by Crippen LogP contribution is -2.34. The Labute approximate surface area is 71.2 Å². The van der Waals surface area contributed by atoms with Crippen molar-refractivity contribution in [1.29, 1.82) is 0 Å². The van der Waals surface area contributed by atoms with Gasteiger partial charge in [0.25, 0.3) is 0 Å². The van der Waals surface area contributed by atoms with Gasteiger partial charge in [0.2, 0.25) is 5.91 Å². The van der Waals surface area contributed by atoms with Crippen molar-refractivity contribution in [2.24, 2.45) is 0 Å². The number of carboxylic acids is 1. The van der Waals surface area contributed by atoms with E-state index >= 15 is 0 Å². The summed E-state index contributed by atoms with van der Waals surface area (Å²) >= 11 is 0. The molecule has 0 aromatic carbocycles. The minimum atomic E-state index is -1.02. The van der Waals surface area contributed by atoms with Crippen molar-refractivity contribution in [3.63, 3.8) is 0 Å². The van der Waals surface area contributed by atoms with Crippen LogP contribution >= 0.6 is 0 Å². The molecule has 0 saturated carbocycles. The standard InChI is InChI=1S/C8H11NO3/c1-3-4-5-9(7(2)10)6-8(11)12/h5-6H2,1-2H3,(H,11,12). The zero-order chi connectivity index (χ0) is 9.56. The highest BCUT2D eigenvalue weighted by molar-refractivity contribution is 5.79. The maximum absolute atomic E-state index is 10.8. The van der Waals surface area contributed by atoms with Gasteiger partial charge in [-0.3, -0.25) is 9.59 Å². The molecule has 0 heterocycles. The van der Waals surface area contributed by atoms with Gasteiger partial charge in [-0.15, -0.1) is 5.92 Å². The predicted octanol–water partition coefficient (Wildman–Crippen LogP) is -0.0572. The molecule has 0 aliphatic heterocycles. The minimum Gasteiger partial charge on any atom is -0.480 e. The number of carbonyl (C=O) groups is 2. The van der Waals surface area contributed by atoms with Gasteiger partial charge in [-0.25, -0.2) is 0 Å². The molecule has 66 valence electrons. The maximum Gasteiger partial charge on any atom is 0.323 e. The van der Waals surface area contributed by atoms with Gasteiger partial charge in [-0.2, -0.15) is 0 Å². The van der Waals surface area contributed by atoms with Crippen LogP contribution in [0.25, 0.3) is 0 Å². The van der Waals surface area contributed by atoms with E-state index in [1.54, 1.807) is 6.92 Å². The van der Waals surface area contributed by atoms with Crippen molar-refractivity contribution in [2.45, 2.75) is 13.8 Å². The molecule has 0 aliphatic rings. The van der Waals surface area contributed by atoms with E-state index in [9.17, 15) is 9.59 Å². The molecule has 0 rings (SSSR count). The molecule has 0 radical (unpaired) electrons. The van der Waals surface area contributed by atoms with Gasteiger partial charge >= 0.3 is 5.97 Å². The highest BCUT2D eigenvalue weighted by Crippen LogP contribution is 1.87. The Morgan fingerprint density at radius 1 is 1.50 bits per heavy atom. The Hall–Kier alpha value is -1.50. The number of carbonyl (C=O) groups excluding carboxylic acids is 1. The fourth-order valence-electron chi connectivity index (χ4n) is 0.616. The molecular weight excluding hydrogens is 158 g/mol. The Balaban J connectivity index is 4.10. The number of nitrogens with zero attached hydrogens (tertiary/aromatic N) is 1. The molecule has 0 aromatic rings. The highest BCUT2D eigenvalue weighted by atomic mass is 16.4. The summed E-state index contributed by atoms with van der Waals surface area (Å²) in [4.78, 5) is 22.2.